The molecule has 0 amide bonds. The van der Waals surface area contributed by atoms with Gasteiger partial charge in [0.15, 0.2) is 6.29 Å². The summed E-state index contributed by atoms with van der Waals surface area (Å²) in [6.45, 7) is 10.0. The van der Waals surface area contributed by atoms with Gasteiger partial charge in [0.05, 0.1) is 0 Å². The molecule has 4 nitrogen and oxygen atoms in total. The van der Waals surface area contributed by atoms with E-state index in [0.717, 1.165) is 51.6 Å². The van der Waals surface area contributed by atoms with E-state index in [-0.39, 0.29) is 12.0 Å². The SMILES string of the molecule is CCCCCCCCCCCCCCC(C(=O)OC(C)O)N(CCCC)CCCC. The van der Waals surface area contributed by atoms with Gasteiger partial charge in [0.25, 0.3) is 0 Å². The Labute approximate surface area is 188 Å². The van der Waals surface area contributed by atoms with Gasteiger partial charge in [0.1, 0.15) is 6.04 Å². The number of esters is 1. The third-order valence-corrected chi connectivity index (χ3v) is 5.93. The van der Waals surface area contributed by atoms with Crippen molar-refractivity contribution in [2.24, 2.45) is 0 Å². The van der Waals surface area contributed by atoms with Crippen LogP contribution in [0, 0.1) is 0 Å². The van der Waals surface area contributed by atoms with Gasteiger partial charge in [0.2, 0.25) is 0 Å². The molecule has 0 aromatic rings. The van der Waals surface area contributed by atoms with Crippen molar-refractivity contribution in [3.8, 4) is 0 Å². The molecule has 0 spiro atoms. The van der Waals surface area contributed by atoms with E-state index in [4.69, 9.17) is 4.74 Å². The van der Waals surface area contributed by atoms with Crippen LogP contribution < -0.4 is 0 Å². The van der Waals surface area contributed by atoms with Crippen LogP contribution in [0.2, 0.25) is 0 Å². The number of ether oxygens (including phenoxy) is 1. The van der Waals surface area contributed by atoms with Crippen molar-refractivity contribution in [1.82, 2.24) is 4.90 Å². The Bertz CT molecular complexity index is 365. The minimum absolute atomic E-state index is 0.208. The van der Waals surface area contributed by atoms with E-state index in [1.165, 1.54) is 77.6 Å². The Morgan fingerprint density at radius 3 is 1.50 bits per heavy atom. The Balaban J connectivity index is 4.20. The van der Waals surface area contributed by atoms with Crippen LogP contribution in [0.15, 0.2) is 0 Å². The van der Waals surface area contributed by atoms with E-state index in [0.29, 0.717) is 0 Å². The lowest BCUT2D eigenvalue weighted by Gasteiger charge is -2.30. The fourth-order valence-electron chi connectivity index (χ4n) is 4.02. The maximum absolute atomic E-state index is 12.6. The van der Waals surface area contributed by atoms with Crippen LogP contribution in [0.5, 0.6) is 0 Å². The molecule has 2 unspecified atom stereocenters. The molecule has 4 heteroatoms. The summed E-state index contributed by atoms with van der Waals surface area (Å²) in [4.78, 5) is 14.9. The van der Waals surface area contributed by atoms with Crippen LogP contribution in [-0.2, 0) is 9.53 Å². The summed E-state index contributed by atoms with van der Waals surface area (Å²) in [5, 5.41) is 9.52. The van der Waals surface area contributed by atoms with Crippen molar-refractivity contribution in [1.29, 1.82) is 0 Å². The van der Waals surface area contributed by atoms with Gasteiger partial charge >= 0.3 is 5.97 Å². The van der Waals surface area contributed by atoms with Crippen LogP contribution in [-0.4, -0.2) is 41.4 Å². The van der Waals surface area contributed by atoms with Crippen molar-refractivity contribution >= 4 is 5.97 Å². The van der Waals surface area contributed by atoms with Crippen molar-refractivity contribution in [2.45, 2.75) is 149 Å². The minimum Gasteiger partial charge on any atom is -0.435 e. The summed E-state index contributed by atoms with van der Waals surface area (Å²) in [6, 6.07) is -0.208. The van der Waals surface area contributed by atoms with Gasteiger partial charge < -0.3 is 9.84 Å². The molecule has 30 heavy (non-hydrogen) atoms. The van der Waals surface area contributed by atoms with E-state index in [1.54, 1.807) is 0 Å². The number of rotatable bonds is 22. The Morgan fingerprint density at radius 1 is 0.700 bits per heavy atom. The van der Waals surface area contributed by atoms with Crippen LogP contribution in [0.1, 0.15) is 137 Å². The summed E-state index contributed by atoms with van der Waals surface area (Å²) < 4.78 is 5.19. The molecular weight excluding hydrogens is 374 g/mol. The summed E-state index contributed by atoms with van der Waals surface area (Å²) in [7, 11) is 0. The lowest BCUT2D eigenvalue weighted by atomic mass is 10.0. The van der Waals surface area contributed by atoms with Crippen LogP contribution in [0.4, 0.5) is 0 Å². The topological polar surface area (TPSA) is 49.8 Å². The van der Waals surface area contributed by atoms with Crippen LogP contribution in [0.25, 0.3) is 0 Å². The molecule has 0 radical (unpaired) electrons. The number of carbonyl (C=O) groups excluding carboxylic acids is 1. The maximum Gasteiger partial charge on any atom is 0.325 e. The second-order valence-electron chi connectivity index (χ2n) is 8.97. The molecule has 0 saturated heterocycles. The second-order valence-corrected chi connectivity index (χ2v) is 8.97. The first-order valence-electron chi connectivity index (χ1n) is 13.2. The van der Waals surface area contributed by atoms with E-state index < -0.39 is 6.29 Å². The molecule has 0 aromatic heterocycles. The first kappa shape index (κ1) is 29.4. The van der Waals surface area contributed by atoms with Gasteiger partial charge in [-0.3, -0.25) is 9.69 Å². The number of unbranched alkanes of at least 4 members (excludes halogenated alkanes) is 13. The number of hydrogen-bond acceptors (Lipinski definition) is 4. The standard InChI is InChI=1S/C26H53NO3/c1-5-8-11-12-13-14-15-16-17-18-19-20-21-25(26(29)30-24(4)28)27(22-9-6-2)23-10-7-3/h24-25,28H,5-23H2,1-4H3. The van der Waals surface area contributed by atoms with E-state index >= 15 is 0 Å². The van der Waals surface area contributed by atoms with Crippen LogP contribution >= 0.6 is 0 Å². The lowest BCUT2D eigenvalue weighted by Crippen LogP contribution is -2.44. The zero-order chi connectivity index (χ0) is 22.5. The molecule has 0 fully saturated rings. The zero-order valence-electron chi connectivity index (χ0n) is 20.8. The Kier molecular flexibility index (Phi) is 21.2. The number of nitrogens with zero attached hydrogens (tertiary/aromatic N) is 1. The van der Waals surface area contributed by atoms with E-state index in [2.05, 4.69) is 25.7 Å². The molecule has 0 aliphatic heterocycles. The van der Waals surface area contributed by atoms with Crippen LogP contribution in [0.3, 0.4) is 0 Å². The molecule has 0 aliphatic rings. The second kappa shape index (κ2) is 21.6. The van der Waals surface area contributed by atoms with Crippen molar-refractivity contribution < 1.29 is 14.6 Å². The van der Waals surface area contributed by atoms with Gasteiger partial charge in [-0.1, -0.05) is 111 Å². The largest absolute Gasteiger partial charge is 0.435 e. The predicted molar refractivity (Wildman–Crippen MR) is 129 cm³/mol. The molecule has 2 atom stereocenters. The summed E-state index contributed by atoms with van der Waals surface area (Å²) in [6.07, 6.45) is 20.1. The van der Waals surface area contributed by atoms with Gasteiger partial charge in [-0.15, -0.1) is 0 Å². The molecule has 0 bridgehead atoms. The fourth-order valence-corrected chi connectivity index (χ4v) is 4.02. The smallest absolute Gasteiger partial charge is 0.325 e. The highest BCUT2D eigenvalue weighted by Gasteiger charge is 2.27. The molecular formula is C26H53NO3. The molecule has 0 saturated carbocycles. The van der Waals surface area contributed by atoms with E-state index in [9.17, 15) is 9.90 Å². The quantitative estimate of drug-likeness (QED) is 0.112. The molecule has 0 heterocycles. The predicted octanol–water partition coefficient (Wildman–Crippen LogP) is 7.23. The summed E-state index contributed by atoms with van der Waals surface area (Å²) in [5.41, 5.74) is 0. The summed E-state index contributed by atoms with van der Waals surface area (Å²) >= 11 is 0. The first-order valence-corrected chi connectivity index (χ1v) is 13.2. The molecule has 1 N–H and O–H groups in total. The molecule has 0 rings (SSSR count). The first-order chi connectivity index (χ1) is 14.6. The van der Waals surface area contributed by atoms with Crippen molar-refractivity contribution in [3.05, 3.63) is 0 Å². The van der Waals surface area contributed by atoms with Gasteiger partial charge in [0, 0.05) is 0 Å². The third-order valence-electron chi connectivity index (χ3n) is 5.93. The molecule has 180 valence electrons. The number of hydrogen-bond donors (Lipinski definition) is 1. The lowest BCUT2D eigenvalue weighted by molar-refractivity contribution is -0.171. The van der Waals surface area contributed by atoms with Crippen molar-refractivity contribution in [3.63, 3.8) is 0 Å². The maximum atomic E-state index is 12.6. The Morgan fingerprint density at radius 2 is 1.10 bits per heavy atom. The highest BCUT2D eigenvalue weighted by Crippen LogP contribution is 2.17. The van der Waals surface area contributed by atoms with Crippen molar-refractivity contribution in [2.75, 3.05) is 13.1 Å². The molecule has 0 aliphatic carbocycles. The highest BCUT2D eigenvalue weighted by atomic mass is 16.6. The van der Waals surface area contributed by atoms with E-state index in [1.807, 2.05) is 0 Å². The van der Waals surface area contributed by atoms with Gasteiger partial charge in [-0.25, -0.2) is 0 Å². The number of aliphatic hydroxyl groups excluding tert-OH is 1. The minimum atomic E-state index is -1.03. The normalized spacial score (nSPS) is 13.5. The number of carbonyl (C=O) groups is 1. The number of aliphatic hydroxyl groups is 1. The highest BCUT2D eigenvalue weighted by molar-refractivity contribution is 5.75. The zero-order valence-corrected chi connectivity index (χ0v) is 20.8. The molecule has 0 aromatic carbocycles. The Hall–Kier alpha value is -0.610. The van der Waals surface area contributed by atoms with Gasteiger partial charge in [-0.2, -0.15) is 0 Å². The third kappa shape index (κ3) is 17.1. The average Bonchev–Trinajstić information content (AvgIpc) is 2.71. The van der Waals surface area contributed by atoms with Gasteiger partial charge in [-0.05, 0) is 39.3 Å². The average molecular weight is 428 g/mol. The monoisotopic (exact) mass is 427 g/mol. The fraction of sp³-hybridized carbons (Fsp3) is 0.962. The summed E-state index contributed by atoms with van der Waals surface area (Å²) in [5.74, 6) is -0.250.